The maximum Gasteiger partial charge on any atom is 0.0409 e. The van der Waals surface area contributed by atoms with Crippen LogP contribution in [0.3, 0.4) is 0 Å². The highest BCUT2D eigenvalue weighted by molar-refractivity contribution is 5.62. The number of nitrogens with one attached hydrogen (secondary N) is 1. The lowest BCUT2D eigenvalue weighted by atomic mass is 10.0. The lowest BCUT2D eigenvalue weighted by Crippen LogP contribution is -1.87. The van der Waals surface area contributed by atoms with Crippen LogP contribution < -0.4 is 0 Å². The lowest BCUT2D eigenvalue weighted by molar-refractivity contribution is 0.829. The largest absolute Gasteiger partial charge is 0.361 e. The molecule has 66 valence electrons. The molecule has 0 saturated carbocycles. The fourth-order valence-electron chi connectivity index (χ4n) is 1.33. The molecule has 0 unspecified atom stereocenters. The molecule has 0 spiro atoms. The molecule has 0 aliphatic rings. The van der Waals surface area contributed by atoms with Crippen molar-refractivity contribution < 1.29 is 0 Å². The summed E-state index contributed by atoms with van der Waals surface area (Å²) in [4.78, 5) is 3.23. The average Bonchev–Trinajstić information content (AvgIpc) is 2.51. The molecule has 1 rings (SSSR count). The Morgan fingerprint density at radius 3 is 2.75 bits per heavy atom. The number of hydrogen-bond donors (Lipinski definition) is 1. The van der Waals surface area contributed by atoms with Gasteiger partial charge in [-0.25, -0.2) is 0 Å². The molecule has 0 saturated heterocycles. The van der Waals surface area contributed by atoms with E-state index in [9.17, 15) is 0 Å². The summed E-state index contributed by atoms with van der Waals surface area (Å²) in [6, 6.07) is 4.16. The van der Waals surface area contributed by atoms with Gasteiger partial charge in [-0.05, 0) is 30.0 Å². The molecule has 1 heteroatoms. The summed E-state index contributed by atoms with van der Waals surface area (Å²) >= 11 is 0. The second-order valence-electron chi connectivity index (χ2n) is 3.37. The van der Waals surface area contributed by atoms with Crippen molar-refractivity contribution in [1.29, 1.82) is 0 Å². The standard InChI is InChI=1S/C11H17N/c1-4-10(8-9(2)3)11-6-5-7-12-11/h5-9,12H,4H2,1-3H3/b10-8+. The first-order valence-electron chi connectivity index (χ1n) is 4.58. The Bertz CT molecular complexity index is 242. The Kier molecular flexibility index (Phi) is 3.15. The van der Waals surface area contributed by atoms with Gasteiger partial charge in [0.25, 0.3) is 0 Å². The summed E-state index contributed by atoms with van der Waals surface area (Å²) < 4.78 is 0. The summed E-state index contributed by atoms with van der Waals surface area (Å²) in [7, 11) is 0. The number of aromatic nitrogens is 1. The van der Waals surface area contributed by atoms with E-state index in [1.54, 1.807) is 0 Å². The highest BCUT2D eigenvalue weighted by Gasteiger charge is 1.99. The van der Waals surface area contributed by atoms with Gasteiger partial charge in [-0.2, -0.15) is 0 Å². The van der Waals surface area contributed by atoms with E-state index in [1.165, 1.54) is 11.3 Å². The summed E-state index contributed by atoms with van der Waals surface area (Å²) in [5, 5.41) is 0. The van der Waals surface area contributed by atoms with Gasteiger partial charge >= 0.3 is 0 Å². The van der Waals surface area contributed by atoms with Crippen LogP contribution in [0.2, 0.25) is 0 Å². The summed E-state index contributed by atoms with van der Waals surface area (Å²) in [5.41, 5.74) is 2.67. The fourth-order valence-corrected chi connectivity index (χ4v) is 1.33. The molecule has 1 N–H and O–H groups in total. The number of aromatic amines is 1. The van der Waals surface area contributed by atoms with Gasteiger partial charge < -0.3 is 4.98 Å². The molecule has 0 fully saturated rings. The minimum absolute atomic E-state index is 0.628. The van der Waals surface area contributed by atoms with Crippen LogP contribution in [-0.4, -0.2) is 4.98 Å². The second kappa shape index (κ2) is 4.15. The molecule has 0 aromatic carbocycles. The molecule has 1 aromatic heterocycles. The summed E-state index contributed by atoms with van der Waals surface area (Å²) in [5.74, 6) is 0.628. The van der Waals surface area contributed by atoms with Crippen molar-refractivity contribution in [1.82, 2.24) is 4.98 Å². The maximum atomic E-state index is 3.23. The first-order chi connectivity index (χ1) is 5.74. The van der Waals surface area contributed by atoms with E-state index in [4.69, 9.17) is 0 Å². The third-order valence-corrected chi connectivity index (χ3v) is 1.86. The maximum absolute atomic E-state index is 3.23. The number of hydrogen-bond acceptors (Lipinski definition) is 0. The molecule has 0 aliphatic heterocycles. The van der Waals surface area contributed by atoms with Gasteiger partial charge in [0.1, 0.15) is 0 Å². The minimum atomic E-state index is 0.628. The summed E-state index contributed by atoms with van der Waals surface area (Å²) in [6.07, 6.45) is 5.38. The first-order valence-corrected chi connectivity index (χ1v) is 4.58. The van der Waals surface area contributed by atoms with E-state index in [1.807, 2.05) is 12.3 Å². The van der Waals surface area contributed by atoms with Gasteiger partial charge in [0.2, 0.25) is 0 Å². The van der Waals surface area contributed by atoms with Crippen LogP contribution in [0.4, 0.5) is 0 Å². The van der Waals surface area contributed by atoms with Gasteiger partial charge in [0, 0.05) is 11.9 Å². The Hall–Kier alpha value is -0.980. The van der Waals surface area contributed by atoms with Crippen molar-refractivity contribution in [2.24, 2.45) is 5.92 Å². The van der Waals surface area contributed by atoms with E-state index in [-0.39, 0.29) is 0 Å². The van der Waals surface area contributed by atoms with Crippen molar-refractivity contribution >= 4 is 5.57 Å². The molecule has 0 bridgehead atoms. The SMILES string of the molecule is CC/C(=C\C(C)C)c1ccc[nH]1. The minimum Gasteiger partial charge on any atom is -0.361 e. The monoisotopic (exact) mass is 163 g/mol. The van der Waals surface area contributed by atoms with Gasteiger partial charge in [-0.3, -0.25) is 0 Å². The van der Waals surface area contributed by atoms with Crippen LogP contribution in [0.5, 0.6) is 0 Å². The van der Waals surface area contributed by atoms with Crippen molar-refractivity contribution in [2.45, 2.75) is 27.2 Å². The number of allylic oxidation sites excluding steroid dienone is 2. The molecule has 12 heavy (non-hydrogen) atoms. The Morgan fingerprint density at radius 1 is 1.58 bits per heavy atom. The van der Waals surface area contributed by atoms with Crippen LogP contribution in [0, 0.1) is 5.92 Å². The molecular formula is C11H17N. The van der Waals surface area contributed by atoms with Crippen molar-refractivity contribution in [3.63, 3.8) is 0 Å². The second-order valence-corrected chi connectivity index (χ2v) is 3.37. The third kappa shape index (κ3) is 2.26. The van der Waals surface area contributed by atoms with Gasteiger partial charge in [-0.1, -0.05) is 26.8 Å². The van der Waals surface area contributed by atoms with Gasteiger partial charge in [0.15, 0.2) is 0 Å². The van der Waals surface area contributed by atoms with Crippen LogP contribution in [0.15, 0.2) is 24.4 Å². The Labute approximate surface area is 74.5 Å². The fraction of sp³-hybridized carbons (Fsp3) is 0.455. The normalized spacial score (nSPS) is 12.5. The molecule has 1 nitrogen and oxygen atoms in total. The van der Waals surface area contributed by atoms with Crippen LogP contribution in [-0.2, 0) is 0 Å². The van der Waals surface area contributed by atoms with Crippen molar-refractivity contribution in [3.05, 3.63) is 30.1 Å². The summed E-state index contributed by atoms with van der Waals surface area (Å²) in [6.45, 7) is 6.60. The van der Waals surface area contributed by atoms with Gasteiger partial charge in [0.05, 0.1) is 0 Å². The highest BCUT2D eigenvalue weighted by atomic mass is 14.7. The number of H-pyrrole nitrogens is 1. The van der Waals surface area contributed by atoms with E-state index >= 15 is 0 Å². The van der Waals surface area contributed by atoms with E-state index in [0.717, 1.165) is 6.42 Å². The van der Waals surface area contributed by atoms with Crippen LogP contribution >= 0.6 is 0 Å². The Balaban J connectivity index is 2.83. The number of rotatable bonds is 3. The van der Waals surface area contributed by atoms with E-state index in [0.29, 0.717) is 5.92 Å². The van der Waals surface area contributed by atoms with Crippen LogP contribution in [0.25, 0.3) is 5.57 Å². The lowest BCUT2D eigenvalue weighted by Gasteiger charge is -2.03. The van der Waals surface area contributed by atoms with Crippen molar-refractivity contribution in [3.8, 4) is 0 Å². The van der Waals surface area contributed by atoms with E-state index in [2.05, 4.69) is 37.9 Å². The zero-order valence-electron chi connectivity index (χ0n) is 8.09. The predicted octanol–water partition coefficient (Wildman–Crippen LogP) is 3.46. The third-order valence-electron chi connectivity index (χ3n) is 1.86. The quantitative estimate of drug-likeness (QED) is 0.702. The molecule has 1 heterocycles. The average molecular weight is 163 g/mol. The molecule has 0 amide bonds. The van der Waals surface area contributed by atoms with Crippen molar-refractivity contribution in [2.75, 3.05) is 0 Å². The topological polar surface area (TPSA) is 15.8 Å². The van der Waals surface area contributed by atoms with E-state index < -0.39 is 0 Å². The molecule has 0 radical (unpaired) electrons. The molecule has 0 aliphatic carbocycles. The Morgan fingerprint density at radius 2 is 2.33 bits per heavy atom. The molecular weight excluding hydrogens is 146 g/mol. The zero-order chi connectivity index (χ0) is 8.97. The first kappa shape index (κ1) is 9.11. The zero-order valence-corrected chi connectivity index (χ0v) is 8.09. The molecule has 0 atom stereocenters. The highest BCUT2D eigenvalue weighted by Crippen LogP contribution is 2.17. The predicted molar refractivity (Wildman–Crippen MR) is 53.9 cm³/mol. The smallest absolute Gasteiger partial charge is 0.0409 e. The van der Waals surface area contributed by atoms with Crippen LogP contribution in [0.1, 0.15) is 32.9 Å². The van der Waals surface area contributed by atoms with Gasteiger partial charge in [-0.15, -0.1) is 0 Å². The molecule has 1 aromatic rings.